The molecule has 0 spiro atoms. The third-order valence-corrected chi connectivity index (χ3v) is 2.68. The maximum Gasteiger partial charge on any atom is 0.0105 e. The summed E-state index contributed by atoms with van der Waals surface area (Å²) in [5, 5.41) is 3.48. The van der Waals surface area contributed by atoms with Gasteiger partial charge in [-0.1, -0.05) is 6.92 Å². The first-order valence-corrected chi connectivity index (χ1v) is 5.50. The van der Waals surface area contributed by atoms with Gasteiger partial charge in [0.25, 0.3) is 0 Å². The lowest BCUT2D eigenvalue weighted by Crippen LogP contribution is -2.30. The molecule has 1 heterocycles. The lowest BCUT2D eigenvalue weighted by atomic mass is 10.1. The van der Waals surface area contributed by atoms with E-state index in [4.69, 9.17) is 5.73 Å². The van der Waals surface area contributed by atoms with Crippen LogP contribution in [0.1, 0.15) is 19.8 Å². The minimum absolute atomic E-state index is 0.801. The molecule has 0 aliphatic carbocycles. The van der Waals surface area contributed by atoms with Crippen molar-refractivity contribution in [3.8, 4) is 0 Å². The van der Waals surface area contributed by atoms with Crippen LogP contribution in [0.5, 0.6) is 0 Å². The molecule has 13 heavy (non-hydrogen) atoms. The van der Waals surface area contributed by atoms with Gasteiger partial charge in [0.2, 0.25) is 0 Å². The van der Waals surface area contributed by atoms with Crippen molar-refractivity contribution in [1.29, 1.82) is 0 Å². The number of nitrogens with zero attached hydrogens (tertiary/aromatic N) is 1. The lowest BCUT2D eigenvalue weighted by molar-refractivity contribution is 0.330. The Morgan fingerprint density at radius 1 is 1.54 bits per heavy atom. The summed E-state index contributed by atoms with van der Waals surface area (Å²) >= 11 is 0. The Morgan fingerprint density at radius 2 is 2.38 bits per heavy atom. The first-order valence-electron chi connectivity index (χ1n) is 5.50. The molecule has 1 atom stereocenters. The molecule has 0 saturated carbocycles. The normalized spacial score (nSPS) is 24.0. The Labute approximate surface area is 81.7 Å². The highest BCUT2D eigenvalue weighted by Crippen LogP contribution is 2.14. The molecule has 78 valence electrons. The molecule has 1 fully saturated rings. The minimum atomic E-state index is 0.801. The maximum absolute atomic E-state index is 5.52. The second kappa shape index (κ2) is 6.35. The van der Waals surface area contributed by atoms with E-state index in [1.54, 1.807) is 0 Å². The Bertz CT molecular complexity index is 127. The monoisotopic (exact) mass is 185 g/mol. The zero-order chi connectivity index (χ0) is 9.52. The molecular weight excluding hydrogens is 162 g/mol. The van der Waals surface area contributed by atoms with Crippen molar-refractivity contribution < 1.29 is 0 Å². The summed E-state index contributed by atoms with van der Waals surface area (Å²) in [7, 11) is 0. The fraction of sp³-hybridized carbons (Fsp3) is 1.00. The van der Waals surface area contributed by atoms with Gasteiger partial charge in [-0.2, -0.15) is 0 Å². The first kappa shape index (κ1) is 11.0. The molecule has 0 aromatic heterocycles. The lowest BCUT2D eigenvalue weighted by Gasteiger charge is -2.14. The highest BCUT2D eigenvalue weighted by Gasteiger charge is 2.20. The van der Waals surface area contributed by atoms with E-state index in [1.807, 2.05) is 0 Å². The second-order valence-corrected chi connectivity index (χ2v) is 3.95. The fourth-order valence-electron chi connectivity index (χ4n) is 1.95. The van der Waals surface area contributed by atoms with Gasteiger partial charge in [-0.3, -0.25) is 0 Å². The van der Waals surface area contributed by atoms with Crippen LogP contribution in [0.25, 0.3) is 0 Å². The van der Waals surface area contributed by atoms with Gasteiger partial charge in [0.15, 0.2) is 0 Å². The molecule has 0 bridgehead atoms. The zero-order valence-electron chi connectivity index (χ0n) is 8.76. The van der Waals surface area contributed by atoms with Gasteiger partial charge < -0.3 is 16.0 Å². The second-order valence-electron chi connectivity index (χ2n) is 3.95. The third-order valence-electron chi connectivity index (χ3n) is 2.68. The maximum atomic E-state index is 5.52. The van der Waals surface area contributed by atoms with Gasteiger partial charge in [-0.05, 0) is 38.4 Å². The number of hydrogen-bond acceptors (Lipinski definition) is 3. The van der Waals surface area contributed by atoms with Crippen LogP contribution < -0.4 is 11.1 Å². The van der Waals surface area contributed by atoms with Crippen LogP contribution in [0.15, 0.2) is 0 Å². The minimum Gasteiger partial charge on any atom is -0.329 e. The standard InChI is InChI=1S/C10H23N3/c1-2-5-12-8-10-3-6-13(9-10)7-4-11/h10,12H,2-9,11H2,1H3. The third kappa shape index (κ3) is 4.07. The molecular formula is C10H23N3. The van der Waals surface area contributed by atoms with Gasteiger partial charge in [0.05, 0.1) is 0 Å². The molecule has 1 aliphatic rings. The van der Waals surface area contributed by atoms with Crippen molar-refractivity contribution >= 4 is 0 Å². The summed E-state index contributed by atoms with van der Waals surface area (Å²) < 4.78 is 0. The summed E-state index contributed by atoms with van der Waals surface area (Å²) in [5.74, 6) is 0.859. The smallest absolute Gasteiger partial charge is 0.0105 e. The van der Waals surface area contributed by atoms with Crippen LogP contribution in [0.3, 0.4) is 0 Å². The molecule has 3 heteroatoms. The van der Waals surface area contributed by atoms with Gasteiger partial charge >= 0.3 is 0 Å². The molecule has 1 aliphatic heterocycles. The molecule has 0 radical (unpaired) electrons. The average Bonchev–Trinajstić information content (AvgIpc) is 2.54. The molecule has 0 amide bonds. The van der Waals surface area contributed by atoms with E-state index in [-0.39, 0.29) is 0 Å². The van der Waals surface area contributed by atoms with E-state index in [2.05, 4.69) is 17.1 Å². The average molecular weight is 185 g/mol. The van der Waals surface area contributed by atoms with Crippen LogP contribution in [-0.4, -0.2) is 44.2 Å². The van der Waals surface area contributed by atoms with Crippen molar-refractivity contribution in [3.05, 3.63) is 0 Å². The zero-order valence-corrected chi connectivity index (χ0v) is 8.76. The molecule has 1 saturated heterocycles. The molecule has 1 unspecified atom stereocenters. The van der Waals surface area contributed by atoms with Crippen molar-refractivity contribution in [3.63, 3.8) is 0 Å². The van der Waals surface area contributed by atoms with Gasteiger partial charge in [0.1, 0.15) is 0 Å². The van der Waals surface area contributed by atoms with Crippen LogP contribution in [-0.2, 0) is 0 Å². The van der Waals surface area contributed by atoms with E-state index >= 15 is 0 Å². The quantitative estimate of drug-likeness (QED) is 0.584. The Hall–Kier alpha value is -0.120. The fourth-order valence-corrected chi connectivity index (χ4v) is 1.95. The summed E-state index contributed by atoms with van der Waals surface area (Å²) in [6.45, 7) is 8.92. The first-order chi connectivity index (χ1) is 6.36. The highest BCUT2D eigenvalue weighted by molar-refractivity contribution is 4.76. The summed E-state index contributed by atoms with van der Waals surface area (Å²) in [5.41, 5.74) is 5.52. The molecule has 0 aromatic carbocycles. The number of nitrogens with one attached hydrogen (secondary N) is 1. The predicted octanol–water partition coefficient (Wildman–Crippen LogP) is 0.267. The number of nitrogens with two attached hydrogens (primary N) is 1. The SMILES string of the molecule is CCCNCC1CCN(CCN)C1. The van der Waals surface area contributed by atoms with Gasteiger partial charge in [0, 0.05) is 19.6 Å². The summed E-state index contributed by atoms with van der Waals surface area (Å²) in [6.07, 6.45) is 2.58. The number of hydrogen-bond donors (Lipinski definition) is 2. The van der Waals surface area contributed by atoms with E-state index in [0.717, 1.165) is 25.6 Å². The van der Waals surface area contributed by atoms with Gasteiger partial charge in [-0.25, -0.2) is 0 Å². The molecule has 3 nitrogen and oxygen atoms in total. The largest absolute Gasteiger partial charge is 0.329 e. The molecule has 3 N–H and O–H groups in total. The van der Waals surface area contributed by atoms with Crippen molar-refractivity contribution in [1.82, 2.24) is 10.2 Å². The summed E-state index contributed by atoms with van der Waals surface area (Å²) in [4.78, 5) is 2.47. The van der Waals surface area contributed by atoms with E-state index in [1.165, 1.54) is 32.5 Å². The molecule has 1 rings (SSSR count). The van der Waals surface area contributed by atoms with Crippen LogP contribution in [0.4, 0.5) is 0 Å². The van der Waals surface area contributed by atoms with E-state index in [0.29, 0.717) is 0 Å². The summed E-state index contributed by atoms with van der Waals surface area (Å²) in [6, 6.07) is 0. The Morgan fingerprint density at radius 3 is 3.08 bits per heavy atom. The van der Waals surface area contributed by atoms with Crippen molar-refractivity contribution in [2.24, 2.45) is 11.7 Å². The van der Waals surface area contributed by atoms with Crippen LogP contribution >= 0.6 is 0 Å². The van der Waals surface area contributed by atoms with Crippen molar-refractivity contribution in [2.45, 2.75) is 19.8 Å². The van der Waals surface area contributed by atoms with Crippen LogP contribution in [0.2, 0.25) is 0 Å². The topological polar surface area (TPSA) is 41.3 Å². The molecule has 0 aromatic rings. The van der Waals surface area contributed by atoms with E-state index in [9.17, 15) is 0 Å². The van der Waals surface area contributed by atoms with Crippen LogP contribution in [0, 0.1) is 5.92 Å². The predicted molar refractivity (Wildman–Crippen MR) is 56.8 cm³/mol. The number of rotatable bonds is 6. The Balaban J connectivity index is 2.03. The Kier molecular flexibility index (Phi) is 5.35. The van der Waals surface area contributed by atoms with Crippen molar-refractivity contribution in [2.75, 3.05) is 39.3 Å². The number of likely N-dealkylation sites (tertiary alicyclic amines) is 1. The van der Waals surface area contributed by atoms with E-state index < -0.39 is 0 Å². The van der Waals surface area contributed by atoms with Gasteiger partial charge in [-0.15, -0.1) is 0 Å². The highest BCUT2D eigenvalue weighted by atomic mass is 15.2.